The van der Waals surface area contributed by atoms with E-state index in [1.807, 2.05) is 35.7 Å². The Kier molecular flexibility index (Phi) is 5.90. The Hall–Kier alpha value is -1.39. The van der Waals surface area contributed by atoms with Crippen LogP contribution in [-0.4, -0.2) is 17.4 Å². The van der Waals surface area contributed by atoms with Crippen molar-refractivity contribution in [1.82, 2.24) is 0 Å². The highest BCUT2D eigenvalue weighted by molar-refractivity contribution is 8.19. The molecule has 0 aliphatic carbocycles. The zero-order valence-electron chi connectivity index (χ0n) is 14.2. The third kappa shape index (κ3) is 3.81. The summed E-state index contributed by atoms with van der Waals surface area (Å²) in [5.41, 5.74) is 5.40. The molecule has 0 atom stereocenters. The van der Waals surface area contributed by atoms with Gasteiger partial charge in [0.15, 0.2) is 0 Å². The second-order valence-electron chi connectivity index (χ2n) is 5.81. The number of amides is 1. The standard InChI is InChI=1S/C20H23NOS2/c1-3-14-6-5-7-15(4-2)18(14)21-19(22)16-8-10-17(11-9-16)20-23-12-13-24-20/h5-11,20H,3-4,12-13H2,1-2H3,(H,21,22). The Balaban J connectivity index is 1.78. The number of carbonyl (C=O) groups is 1. The Labute approximate surface area is 152 Å². The molecule has 0 bridgehead atoms. The first-order chi connectivity index (χ1) is 11.7. The molecule has 126 valence electrons. The summed E-state index contributed by atoms with van der Waals surface area (Å²) < 4.78 is 0.523. The smallest absolute Gasteiger partial charge is 0.255 e. The minimum absolute atomic E-state index is 0.0242. The van der Waals surface area contributed by atoms with Gasteiger partial charge in [0.25, 0.3) is 5.91 Å². The zero-order valence-corrected chi connectivity index (χ0v) is 15.8. The Morgan fingerprint density at radius 2 is 1.58 bits per heavy atom. The molecular formula is C20H23NOS2. The Morgan fingerprint density at radius 3 is 2.12 bits per heavy atom. The fourth-order valence-electron chi connectivity index (χ4n) is 2.93. The number of carbonyl (C=O) groups excluding carboxylic acids is 1. The summed E-state index contributed by atoms with van der Waals surface area (Å²) in [7, 11) is 0. The number of thioether (sulfide) groups is 2. The van der Waals surface area contributed by atoms with Gasteiger partial charge in [0.1, 0.15) is 0 Å². The van der Waals surface area contributed by atoms with Crippen LogP contribution < -0.4 is 5.32 Å². The fourth-order valence-corrected chi connectivity index (χ4v) is 5.79. The number of anilines is 1. The predicted octanol–water partition coefficient (Wildman–Crippen LogP) is 5.54. The number of rotatable bonds is 5. The van der Waals surface area contributed by atoms with Crippen molar-refractivity contribution in [2.24, 2.45) is 0 Å². The second kappa shape index (κ2) is 8.13. The number of benzene rings is 2. The summed E-state index contributed by atoms with van der Waals surface area (Å²) in [4.78, 5) is 12.7. The first-order valence-electron chi connectivity index (χ1n) is 8.48. The minimum Gasteiger partial charge on any atom is -0.321 e. The lowest BCUT2D eigenvalue weighted by Gasteiger charge is -2.15. The second-order valence-corrected chi connectivity index (χ2v) is 8.53. The van der Waals surface area contributed by atoms with Gasteiger partial charge in [-0.25, -0.2) is 0 Å². The van der Waals surface area contributed by atoms with Gasteiger partial charge in [-0.3, -0.25) is 4.79 Å². The van der Waals surface area contributed by atoms with Crippen molar-refractivity contribution in [2.75, 3.05) is 16.8 Å². The van der Waals surface area contributed by atoms with E-state index in [1.54, 1.807) is 0 Å². The van der Waals surface area contributed by atoms with Crippen LogP contribution >= 0.6 is 23.5 Å². The lowest BCUT2D eigenvalue weighted by molar-refractivity contribution is 0.102. The molecule has 2 aromatic rings. The summed E-state index contributed by atoms with van der Waals surface area (Å²) >= 11 is 3.97. The molecule has 1 aliphatic rings. The number of para-hydroxylation sites is 1. The third-order valence-electron chi connectivity index (χ3n) is 4.30. The lowest BCUT2D eigenvalue weighted by Crippen LogP contribution is -2.15. The van der Waals surface area contributed by atoms with Crippen molar-refractivity contribution in [3.05, 3.63) is 64.7 Å². The maximum Gasteiger partial charge on any atom is 0.255 e. The Bertz CT molecular complexity index is 684. The van der Waals surface area contributed by atoms with Gasteiger partial charge in [-0.15, -0.1) is 23.5 Å². The summed E-state index contributed by atoms with van der Waals surface area (Å²) in [5, 5.41) is 3.14. The van der Waals surface area contributed by atoms with Gasteiger partial charge in [0.05, 0.1) is 4.58 Å². The SMILES string of the molecule is CCc1cccc(CC)c1NC(=O)c1ccc(C2SCCS2)cc1. The van der Waals surface area contributed by atoms with Gasteiger partial charge in [-0.05, 0) is 41.7 Å². The van der Waals surface area contributed by atoms with Crippen LogP contribution in [0.1, 0.15) is 45.5 Å². The van der Waals surface area contributed by atoms with Gasteiger partial charge >= 0.3 is 0 Å². The highest BCUT2D eigenvalue weighted by Crippen LogP contribution is 2.45. The van der Waals surface area contributed by atoms with Crippen LogP contribution in [0.5, 0.6) is 0 Å². The largest absolute Gasteiger partial charge is 0.321 e. The van der Waals surface area contributed by atoms with Crippen LogP contribution in [0.25, 0.3) is 0 Å². The molecule has 24 heavy (non-hydrogen) atoms. The van der Waals surface area contributed by atoms with Crippen molar-refractivity contribution in [2.45, 2.75) is 31.3 Å². The molecule has 1 fully saturated rings. The van der Waals surface area contributed by atoms with Gasteiger partial charge in [-0.2, -0.15) is 0 Å². The van der Waals surface area contributed by atoms with Gasteiger partial charge in [-0.1, -0.05) is 44.2 Å². The van der Waals surface area contributed by atoms with E-state index in [1.165, 1.54) is 28.2 Å². The maximum absolute atomic E-state index is 12.7. The molecule has 0 spiro atoms. The molecule has 1 heterocycles. The van der Waals surface area contributed by atoms with E-state index in [2.05, 4.69) is 49.5 Å². The van der Waals surface area contributed by atoms with Crippen molar-refractivity contribution >= 4 is 35.1 Å². The normalized spacial score (nSPS) is 14.8. The molecule has 4 heteroatoms. The average Bonchev–Trinajstić information content (AvgIpc) is 3.16. The highest BCUT2D eigenvalue weighted by atomic mass is 32.2. The van der Waals surface area contributed by atoms with Crippen LogP contribution in [0, 0.1) is 0 Å². The van der Waals surface area contributed by atoms with E-state index in [4.69, 9.17) is 0 Å². The molecule has 2 aromatic carbocycles. The minimum atomic E-state index is -0.0242. The number of hydrogen-bond donors (Lipinski definition) is 1. The monoisotopic (exact) mass is 357 g/mol. The van der Waals surface area contributed by atoms with Crippen LogP contribution in [0.3, 0.4) is 0 Å². The predicted molar refractivity (Wildman–Crippen MR) is 107 cm³/mol. The fraction of sp³-hybridized carbons (Fsp3) is 0.350. The van der Waals surface area contributed by atoms with Gasteiger partial charge < -0.3 is 5.32 Å². The first kappa shape index (κ1) is 17.4. The molecule has 1 amide bonds. The summed E-state index contributed by atoms with van der Waals surface area (Å²) in [5.74, 6) is 2.40. The number of nitrogens with one attached hydrogen (secondary N) is 1. The van der Waals surface area contributed by atoms with Crippen LogP contribution in [0.15, 0.2) is 42.5 Å². The quantitative estimate of drug-likeness (QED) is 0.761. The molecule has 1 saturated heterocycles. The molecule has 0 saturated carbocycles. The van der Waals surface area contributed by atoms with Gasteiger partial charge in [0, 0.05) is 22.8 Å². The molecule has 0 aromatic heterocycles. The highest BCUT2D eigenvalue weighted by Gasteiger charge is 2.18. The Morgan fingerprint density at radius 1 is 1.00 bits per heavy atom. The van der Waals surface area contributed by atoms with E-state index < -0.39 is 0 Å². The summed E-state index contributed by atoms with van der Waals surface area (Å²) in [6, 6.07) is 14.3. The average molecular weight is 358 g/mol. The van der Waals surface area contributed by atoms with Crippen molar-refractivity contribution in [1.29, 1.82) is 0 Å². The maximum atomic E-state index is 12.7. The van der Waals surface area contributed by atoms with E-state index in [9.17, 15) is 4.79 Å². The van der Waals surface area contributed by atoms with Crippen molar-refractivity contribution in [3.8, 4) is 0 Å². The molecule has 2 nitrogen and oxygen atoms in total. The molecule has 3 rings (SSSR count). The van der Waals surface area contributed by atoms with E-state index in [0.29, 0.717) is 4.58 Å². The van der Waals surface area contributed by atoms with E-state index >= 15 is 0 Å². The van der Waals surface area contributed by atoms with Crippen LogP contribution in [-0.2, 0) is 12.8 Å². The first-order valence-corrected chi connectivity index (χ1v) is 10.6. The lowest BCUT2D eigenvalue weighted by atomic mass is 10.0. The molecular weight excluding hydrogens is 334 g/mol. The van der Waals surface area contributed by atoms with Crippen molar-refractivity contribution < 1.29 is 4.79 Å². The summed E-state index contributed by atoms with van der Waals surface area (Å²) in [6.45, 7) is 4.24. The molecule has 1 aliphatic heterocycles. The van der Waals surface area contributed by atoms with Crippen molar-refractivity contribution in [3.63, 3.8) is 0 Å². The molecule has 1 N–H and O–H groups in total. The third-order valence-corrected chi connectivity index (χ3v) is 7.41. The molecule has 0 unspecified atom stereocenters. The summed E-state index contributed by atoms with van der Waals surface area (Å²) in [6.07, 6.45) is 1.83. The topological polar surface area (TPSA) is 29.1 Å². The number of aryl methyl sites for hydroxylation is 2. The zero-order chi connectivity index (χ0) is 16.9. The van der Waals surface area contributed by atoms with Crippen LogP contribution in [0.4, 0.5) is 5.69 Å². The van der Waals surface area contributed by atoms with E-state index in [0.717, 1.165) is 24.1 Å². The van der Waals surface area contributed by atoms with Gasteiger partial charge in [0.2, 0.25) is 0 Å². The van der Waals surface area contributed by atoms with E-state index in [-0.39, 0.29) is 5.91 Å². The molecule has 0 radical (unpaired) electrons. The number of hydrogen-bond acceptors (Lipinski definition) is 3. The van der Waals surface area contributed by atoms with Crippen LogP contribution in [0.2, 0.25) is 0 Å².